The Morgan fingerprint density at radius 1 is 0.857 bits per heavy atom. The van der Waals surface area contributed by atoms with Crippen molar-refractivity contribution in [3.05, 3.63) is 90.1 Å². The van der Waals surface area contributed by atoms with Gasteiger partial charge in [0.25, 0.3) is 0 Å². The van der Waals surface area contributed by atoms with Crippen molar-refractivity contribution in [2.24, 2.45) is 4.99 Å². The summed E-state index contributed by atoms with van der Waals surface area (Å²) < 4.78 is 6.27. The third-order valence-electron chi connectivity index (χ3n) is 8.83. The van der Waals surface area contributed by atoms with E-state index in [0.717, 1.165) is 84.9 Å². The molecule has 0 spiro atoms. The minimum Gasteiger partial charge on any atom is -0.457 e. The quantitative estimate of drug-likeness (QED) is 0.205. The van der Waals surface area contributed by atoms with Gasteiger partial charge in [-0.25, -0.2) is 0 Å². The predicted molar refractivity (Wildman–Crippen MR) is 176 cm³/mol. The topological polar surface area (TPSA) is 55.9 Å². The number of rotatable bonds is 10. The highest BCUT2D eigenvalue weighted by molar-refractivity contribution is 8.14. The Bertz CT molecular complexity index is 1490. The van der Waals surface area contributed by atoms with E-state index in [1.807, 2.05) is 42.1 Å². The molecule has 42 heavy (non-hydrogen) atoms. The number of hydrogen-bond acceptors (Lipinski definition) is 6. The molecule has 2 aliphatic heterocycles. The lowest BCUT2D eigenvalue weighted by Gasteiger charge is -2.35. The smallest absolute Gasteiger partial charge is 0.130 e. The number of thioether (sulfide) groups is 1. The van der Waals surface area contributed by atoms with E-state index in [2.05, 4.69) is 68.6 Å². The van der Waals surface area contributed by atoms with Gasteiger partial charge >= 0.3 is 0 Å². The summed E-state index contributed by atoms with van der Waals surface area (Å²) in [6.45, 7) is 6.77. The van der Waals surface area contributed by atoms with Crippen LogP contribution < -0.4 is 10.1 Å². The minimum atomic E-state index is 0.381. The summed E-state index contributed by atoms with van der Waals surface area (Å²) in [5, 5.41) is 6.13. The molecule has 218 valence electrons. The molecule has 7 heteroatoms. The summed E-state index contributed by atoms with van der Waals surface area (Å²) in [6.07, 6.45) is 6.18. The number of aromatic nitrogens is 1. The minimum absolute atomic E-state index is 0.381. The summed E-state index contributed by atoms with van der Waals surface area (Å²) in [6, 6.07) is 28.4. The molecule has 4 aromatic rings. The summed E-state index contributed by atoms with van der Waals surface area (Å²) in [4.78, 5) is 14.1. The number of fused-ring (bicyclic) bond motifs is 1. The number of benzene rings is 3. The van der Waals surface area contributed by atoms with Crippen molar-refractivity contribution in [2.45, 2.75) is 50.7 Å². The molecule has 1 saturated heterocycles. The normalized spacial score (nSPS) is 20.3. The molecular formula is C35H41N5OS. The molecule has 1 atom stereocenters. The third-order valence-corrected chi connectivity index (χ3v) is 9.98. The first-order chi connectivity index (χ1) is 20.7. The van der Waals surface area contributed by atoms with E-state index in [1.165, 1.54) is 36.6 Å². The van der Waals surface area contributed by atoms with Crippen molar-refractivity contribution in [3.8, 4) is 11.5 Å². The van der Waals surface area contributed by atoms with E-state index in [0.29, 0.717) is 12.1 Å². The number of aliphatic imine (C=N–C) groups is 1. The van der Waals surface area contributed by atoms with Crippen LogP contribution in [-0.4, -0.2) is 70.4 Å². The molecule has 3 heterocycles. The standard InChI is InChI=1S/C35H41N5OS/c1-3-9-26(10-4-1)24-40-19-17-39(18-20-40)16-15-29-25-42-35(37-29)33-22-27-21-31(41-30-13-5-2-6-14-30)23-32(34(27)38-33)36-28-11-7-8-12-28/h1-6,9-10,13-14,21-23,28-29,36,38H,7-8,11-12,15-20,24-25H2. The average Bonchev–Trinajstić information content (AvgIpc) is 3.80. The molecule has 0 amide bonds. The van der Waals surface area contributed by atoms with Crippen LogP contribution in [0.15, 0.2) is 83.9 Å². The number of H-pyrrole nitrogens is 1. The Balaban J connectivity index is 1.00. The Morgan fingerprint density at radius 3 is 2.38 bits per heavy atom. The molecule has 2 N–H and O–H groups in total. The average molecular weight is 580 g/mol. The molecule has 6 nitrogen and oxygen atoms in total. The zero-order valence-electron chi connectivity index (χ0n) is 24.3. The van der Waals surface area contributed by atoms with Gasteiger partial charge in [-0.15, -0.1) is 11.8 Å². The highest BCUT2D eigenvalue weighted by Crippen LogP contribution is 2.36. The number of ether oxygens (including phenoxy) is 1. The number of anilines is 1. The van der Waals surface area contributed by atoms with Gasteiger partial charge in [0.2, 0.25) is 0 Å². The SMILES string of the molecule is c1ccc(CN2CCN(CCC3CSC(c4cc5cc(Oc6ccccc6)cc(NC6CCCC6)c5[nH]4)=N3)CC2)cc1. The zero-order valence-corrected chi connectivity index (χ0v) is 25.1. The fourth-order valence-electron chi connectivity index (χ4n) is 6.47. The maximum atomic E-state index is 6.27. The van der Waals surface area contributed by atoms with Crippen molar-refractivity contribution < 1.29 is 4.74 Å². The maximum Gasteiger partial charge on any atom is 0.130 e. The van der Waals surface area contributed by atoms with Crippen molar-refractivity contribution in [2.75, 3.05) is 43.8 Å². The van der Waals surface area contributed by atoms with E-state index in [9.17, 15) is 0 Å². The zero-order chi connectivity index (χ0) is 28.1. The van der Waals surface area contributed by atoms with Crippen LogP contribution in [0.4, 0.5) is 5.69 Å². The first kappa shape index (κ1) is 27.6. The van der Waals surface area contributed by atoms with Gasteiger partial charge in [-0.2, -0.15) is 0 Å². The second-order valence-electron chi connectivity index (χ2n) is 12.0. The molecule has 0 bridgehead atoms. The summed E-state index contributed by atoms with van der Waals surface area (Å²) in [7, 11) is 0. The molecule has 1 aromatic heterocycles. The fraction of sp³-hybridized carbons (Fsp3) is 0.400. The van der Waals surface area contributed by atoms with Gasteiger partial charge < -0.3 is 19.9 Å². The second kappa shape index (κ2) is 12.9. The van der Waals surface area contributed by atoms with Crippen molar-refractivity contribution in [3.63, 3.8) is 0 Å². The molecule has 1 unspecified atom stereocenters. The van der Waals surface area contributed by atoms with Gasteiger partial charge in [-0.3, -0.25) is 9.89 Å². The largest absolute Gasteiger partial charge is 0.457 e. The van der Waals surface area contributed by atoms with Crippen LogP contribution in [0.25, 0.3) is 10.9 Å². The molecule has 3 aliphatic rings. The van der Waals surface area contributed by atoms with E-state index in [-0.39, 0.29) is 0 Å². The number of nitrogens with zero attached hydrogens (tertiary/aromatic N) is 3. The van der Waals surface area contributed by atoms with Crippen LogP contribution >= 0.6 is 11.8 Å². The van der Waals surface area contributed by atoms with Gasteiger partial charge in [0.1, 0.15) is 16.5 Å². The van der Waals surface area contributed by atoms with Crippen LogP contribution in [0.5, 0.6) is 11.5 Å². The van der Waals surface area contributed by atoms with Gasteiger partial charge in [0.15, 0.2) is 0 Å². The number of nitrogens with one attached hydrogen (secondary N) is 2. The Labute approximate surface area is 253 Å². The van der Waals surface area contributed by atoms with Crippen molar-refractivity contribution >= 4 is 33.4 Å². The molecule has 7 rings (SSSR count). The molecular weight excluding hydrogens is 538 g/mol. The van der Waals surface area contributed by atoms with Crippen molar-refractivity contribution in [1.29, 1.82) is 0 Å². The lowest BCUT2D eigenvalue weighted by molar-refractivity contribution is 0.125. The Kier molecular flexibility index (Phi) is 8.49. The van der Waals surface area contributed by atoms with E-state index in [4.69, 9.17) is 9.73 Å². The highest BCUT2D eigenvalue weighted by atomic mass is 32.2. The Hall–Kier alpha value is -3.26. The molecule has 0 radical (unpaired) electrons. The lowest BCUT2D eigenvalue weighted by Crippen LogP contribution is -2.46. The fourth-order valence-corrected chi connectivity index (χ4v) is 7.55. The number of aromatic amines is 1. The summed E-state index contributed by atoms with van der Waals surface area (Å²) >= 11 is 1.89. The van der Waals surface area contributed by atoms with Crippen LogP contribution in [-0.2, 0) is 6.54 Å². The van der Waals surface area contributed by atoms with Gasteiger partial charge in [-0.1, -0.05) is 61.4 Å². The monoisotopic (exact) mass is 579 g/mol. The predicted octanol–water partition coefficient (Wildman–Crippen LogP) is 7.38. The number of hydrogen-bond donors (Lipinski definition) is 2. The Morgan fingerprint density at radius 2 is 1.60 bits per heavy atom. The van der Waals surface area contributed by atoms with Crippen LogP contribution in [0.3, 0.4) is 0 Å². The van der Waals surface area contributed by atoms with Gasteiger partial charge in [0, 0.05) is 62.5 Å². The molecule has 3 aromatic carbocycles. The molecule has 2 fully saturated rings. The first-order valence-electron chi connectivity index (χ1n) is 15.6. The van der Waals surface area contributed by atoms with Gasteiger partial charge in [0.05, 0.1) is 22.9 Å². The maximum absolute atomic E-state index is 6.27. The number of para-hydroxylation sites is 1. The highest BCUT2D eigenvalue weighted by Gasteiger charge is 2.24. The lowest BCUT2D eigenvalue weighted by atomic mass is 10.1. The first-order valence-corrected chi connectivity index (χ1v) is 16.6. The number of piperazine rings is 1. The van der Waals surface area contributed by atoms with Gasteiger partial charge in [-0.05, 0) is 49.1 Å². The summed E-state index contributed by atoms with van der Waals surface area (Å²) in [5.74, 6) is 2.78. The van der Waals surface area contributed by atoms with E-state index < -0.39 is 0 Å². The van der Waals surface area contributed by atoms with E-state index in [1.54, 1.807) is 0 Å². The van der Waals surface area contributed by atoms with E-state index >= 15 is 0 Å². The summed E-state index contributed by atoms with van der Waals surface area (Å²) in [5.41, 5.74) is 4.81. The van der Waals surface area contributed by atoms with Crippen LogP contribution in [0.2, 0.25) is 0 Å². The van der Waals surface area contributed by atoms with Crippen LogP contribution in [0.1, 0.15) is 43.4 Å². The molecule has 1 aliphatic carbocycles. The second-order valence-corrected chi connectivity index (χ2v) is 13.0. The third kappa shape index (κ3) is 6.69. The van der Waals surface area contributed by atoms with Crippen molar-refractivity contribution in [1.82, 2.24) is 14.8 Å². The molecule has 1 saturated carbocycles. The van der Waals surface area contributed by atoms with Crippen LogP contribution in [0, 0.1) is 0 Å².